The molecule has 2 N–H and O–H groups in total. The fourth-order valence-corrected chi connectivity index (χ4v) is 4.38. The van der Waals surface area contributed by atoms with Crippen LogP contribution in [0, 0.1) is 0 Å². The predicted octanol–water partition coefficient (Wildman–Crippen LogP) is 0.747. The molecule has 0 bridgehead atoms. The summed E-state index contributed by atoms with van der Waals surface area (Å²) in [5.74, 6) is 1.51. The highest BCUT2D eigenvalue weighted by molar-refractivity contribution is 7.99. The Labute approximate surface area is 159 Å². The molecule has 2 heterocycles. The number of sulfonamides is 1. The Balaban J connectivity index is 0.000000765. The van der Waals surface area contributed by atoms with Gasteiger partial charge in [0.15, 0.2) is 5.16 Å². The fraction of sp³-hybridized carbons (Fsp3) is 0.800. The molecule has 1 aromatic heterocycles. The van der Waals surface area contributed by atoms with E-state index in [1.165, 1.54) is 10.7 Å². The van der Waals surface area contributed by atoms with E-state index in [2.05, 4.69) is 15.5 Å². The van der Waals surface area contributed by atoms with Gasteiger partial charge in [-0.25, -0.2) is 12.7 Å². The van der Waals surface area contributed by atoms with Crippen LogP contribution in [0.1, 0.15) is 37.9 Å². The van der Waals surface area contributed by atoms with Crippen LogP contribution in [0.5, 0.6) is 0 Å². The van der Waals surface area contributed by atoms with Gasteiger partial charge in [-0.2, -0.15) is 0 Å². The molecule has 0 aliphatic carbocycles. The Morgan fingerprint density at radius 1 is 1.42 bits per heavy atom. The molecule has 0 radical (unpaired) electrons. The minimum atomic E-state index is -3.11. The van der Waals surface area contributed by atoms with Gasteiger partial charge in [-0.05, 0) is 25.8 Å². The van der Waals surface area contributed by atoms with Crippen LogP contribution < -0.4 is 5.32 Å². The van der Waals surface area contributed by atoms with Gasteiger partial charge < -0.3 is 15.0 Å². The summed E-state index contributed by atoms with van der Waals surface area (Å²) in [5.41, 5.74) is 0. The van der Waals surface area contributed by atoms with E-state index in [1.807, 2.05) is 11.6 Å². The van der Waals surface area contributed by atoms with Gasteiger partial charge in [0.25, 0.3) is 5.97 Å². The van der Waals surface area contributed by atoms with E-state index in [1.54, 1.807) is 25.9 Å². The van der Waals surface area contributed by atoms with Gasteiger partial charge in [-0.3, -0.25) is 4.79 Å². The quantitative estimate of drug-likeness (QED) is 0.502. The smallest absolute Gasteiger partial charge is 0.300 e. The first kappa shape index (κ1) is 22.9. The summed E-state index contributed by atoms with van der Waals surface area (Å²) in [7, 11) is 2.01. The van der Waals surface area contributed by atoms with Gasteiger partial charge in [0.2, 0.25) is 10.0 Å². The SMILES string of the molecule is CC(=O)O.CN(C)S(=O)(=O)CCCSc1nnc(C2CCCNC2)n1C. The number of hydrogen-bond acceptors (Lipinski definition) is 7. The third-order valence-electron chi connectivity index (χ3n) is 3.86. The summed E-state index contributed by atoms with van der Waals surface area (Å²) in [5, 5.41) is 20.2. The van der Waals surface area contributed by atoms with Crippen LogP contribution in [0.15, 0.2) is 5.16 Å². The highest BCUT2D eigenvalue weighted by Gasteiger charge is 2.21. The summed E-state index contributed by atoms with van der Waals surface area (Å²) in [6.45, 7) is 3.12. The second-order valence-electron chi connectivity index (χ2n) is 6.26. The van der Waals surface area contributed by atoms with Crippen molar-refractivity contribution in [2.45, 2.75) is 37.3 Å². The van der Waals surface area contributed by atoms with Gasteiger partial charge >= 0.3 is 0 Å². The normalized spacial score (nSPS) is 17.7. The summed E-state index contributed by atoms with van der Waals surface area (Å²) >= 11 is 1.57. The van der Waals surface area contributed by atoms with Crippen LogP contribution in [0.4, 0.5) is 0 Å². The molecule has 0 aromatic carbocycles. The zero-order chi connectivity index (χ0) is 19.7. The Hall–Kier alpha value is -1.17. The van der Waals surface area contributed by atoms with Crippen molar-refractivity contribution >= 4 is 27.8 Å². The summed E-state index contributed by atoms with van der Waals surface area (Å²) in [4.78, 5) is 9.00. The number of hydrogen-bond donors (Lipinski definition) is 2. The monoisotopic (exact) mass is 407 g/mol. The van der Waals surface area contributed by atoms with Crippen LogP contribution in [0.3, 0.4) is 0 Å². The number of carboxylic acids is 1. The first-order valence-corrected chi connectivity index (χ1v) is 11.1. The summed E-state index contributed by atoms with van der Waals surface area (Å²) in [6, 6.07) is 0. The molecule has 1 unspecified atom stereocenters. The van der Waals surface area contributed by atoms with E-state index in [0.717, 1.165) is 43.2 Å². The molecule has 1 aromatic rings. The largest absolute Gasteiger partial charge is 0.481 e. The molecule has 0 amide bonds. The van der Waals surface area contributed by atoms with Crippen molar-refractivity contribution in [3.05, 3.63) is 5.82 Å². The predicted molar refractivity (Wildman–Crippen MR) is 102 cm³/mol. The van der Waals surface area contributed by atoms with Crippen molar-refractivity contribution in [1.29, 1.82) is 0 Å². The lowest BCUT2D eigenvalue weighted by Gasteiger charge is -2.21. The number of aromatic nitrogens is 3. The molecule has 9 nitrogen and oxygen atoms in total. The maximum absolute atomic E-state index is 11.7. The molecule has 11 heteroatoms. The van der Waals surface area contributed by atoms with Crippen molar-refractivity contribution in [2.24, 2.45) is 7.05 Å². The van der Waals surface area contributed by atoms with Gasteiger partial charge in [-0.15, -0.1) is 10.2 Å². The minimum Gasteiger partial charge on any atom is -0.481 e. The zero-order valence-corrected chi connectivity index (χ0v) is 17.4. The number of piperidine rings is 1. The lowest BCUT2D eigenvalue weighted by molar-refractivity contribution is -0.134. The number of nitrogens with one attached hydrogen (secondary N) is 1. The second-order valence-corrected chi connectivity index (χ2v) is 9.63. The lowest BCUT2D eigenvalue weighted by atomic mass is 9.99. The first-order valence-electron chi connectivity index (χ1n) is 8.47. The van der Waals surface area contributed by atoms with E-state index in [0.29, 0.717) is 12.3 Å². The molecule has 26 heavy (non-hydrogen) atoms. The molecule has 1 aliphatic rings. The third kappa shape index (κ3) is 7.60. The van der Waals surface area contributed by atoms with Crippen molar-refractivity contribution < 1.29 is 18.3 Å². The molecular weight excluding hydrogens is 378 g/mol. The average molecular weight is 408 g/mol. The molecule has 2 rings (SSSR count). The van der Waals surface area contributed by atoms with Crippen molar-refractivity contribution in [2.75, 3.05) is 38.7 Å². The van der Waals surface area contributed by atoms with Gasteiger partial charge in [0.1, 0.15) is 5.82 Å². The number of thioether (sulfide) groups is 1. The number of carbonyl (C=O) groups is 1. The van der Waals surface area contributed by atoms with Crippen LogP contribution in [-0.2, 0) is 21.9 Å². The highest BCUT2D eigenvalue weighted by Crippen LogP contribution is 2.25. The Kier molecular flexibility index (Phi) is 9.55. The topological polar surface area (TPSA) is 117 Å². The maximum Gasteiger partial charge on any atom is 0.300 e. The Morgan fingerprint density at radius 2 is 2.08 bits per heavy atom. The fourth-order valence-electron chi connectivity index (χ4n) is 2.47. The number of nitrogens with zero attached hydrogens (tertiary/aromatic N) is 4. The van der Waals surface area contributed by atoms with E-state index >= 15 is 0 Å². The standard InChI is InChI=1S/C13H25N5O2S2.C2H4O2/c1-17(2)22(19,20)9-5-8-21-13-16-15-12(18(13)3)11-6-4-7-14-10-11;1-2(3)4/h11,14H,4-10H2,1-3H3;1H3,(H,3,4). The van der Waals surface area contributed by atoms with Crippen LogP contribution in [0.25, 0.3) is 0 Å². The number of aliphatic carboxylic acids is 1. The van der Waals surface area contributed by atoms with Crippen molar-refractivity contribution in [3.63, 3.8) is 0 Å². The molecule has 0 saturated carbocycles. The Bertz CT molecular complexity index is 666. The molecule has 0 spiro atoms. The van der Waals surface area contributed by atoms with E-state index in [9.17, 15) is 8.42 Å². The number of carboxylic acid groups (broad SMARTS) is 1. The van der Waals surface area contributed by atoms with Gasteiger partial charge in [-0.1, -0.05) is 11.8 Å². The maximum atomic E-state index is 11.7. The summed E-state index contributed by atoms with van der Waals surface area (Å²) < 4.78 is 26.7. The highest BCUT2D eigenvalue weighted by atomic mass is 32.2. The molecule has 1 fully saturated rings. The van der Waals surface area contributed by atoms with Crippen molar-refractivity contribution in [1.82, 2.24) is 24.4 Å². The molecule has 1 atom stereocenters. The van der Waals surface area contributed by atoms with E-state index < -0.39 is 16.0 Å². The minimum absolute atomic E-state index is 0.171. The van der Waals surface area contributed by atoms with Gasteiger partial charge in [0.05, 0.1) is 5.75 Å². The molecular formula is C15H29N5O4S2. The first-order chi connectivity index (χ1) is 12.1. The number of rotatable bonds is 7. The third-order valence-corrected chi connectivity index (χ3v) is 6.89. The van der Waals surface area contributed by atoms with Gasteiger partial charge in [0, 0.05) is 46.3 Å². The molecule has 1 aliphatic heterocycles. The zero-order valence-electron chi connectivity index (χ0n) is 15.8. The lowest BCUT2D eigenvalue weighted by Crippen LogP contribution is -2.29. The van der Waals surface area contributed by atoms with Crippen LogP contribution in [0.2, 0.25) is 0 Å². The van der Waals surface area contributed by atoms with Crippen LogP contribution >= 0.6 is 11.8 Å². The molecule has 150 valence electrons. The average Bonchev–Trinajstić information content (AvgIpc) is 2.92. The van der Waals surface area contributed by atoms with Crippen LogP contribution in [-0.4, -0.2) is 77.3 Å². The van der Waals surface area contributed by atoms with E-state index in [4.69, 9.17) is 9.90 Å². The van der Waals surface area contributed by atoms with Crippen molar-refractivity contribution in [3.8, 4) is 0 Å². The molecule has 1 saturated heterocycles. The Morgan fingerprint density at radius 3 is 2.62 bits per heavy atom. The van der Waals surface area contributed by atoms with E-state index in [-0.39, 0.29) is 5.75 Å². The summed E-state index contributed by atoms with van der Waals surface area (Å²) in [6.07, 6.45) is 2.92. The second kappa shape index (κ2) is 10.9.